The van der Waals surface area contributed by atoms with Crippen LogP contribution in [-0.4, -0.2) is 22.0 Å². The summed E-state index contributed by atoms with van der Waals surface area (Å²) in [5.74, 6) is 0.804. The Morgan fingerprint density at radius 3 is 2.41 bits per heavy atom. The lowest BCUT2D eigenvalue weighted by molar-refractivity contribution is 0.0317. The summed E-state index contributed by atoms with van der Waals surface area (Å²) in [7, 11) is 0. The summed E-state index contributed by atoms with van der Waals surface area (Å²) in [6.07, 6.45) is -0.173. The Bertz CT molecular complexity index is 687. The van der Waals surface area contributed by atoms with Gasteiger partial charge in [0.15, 0.2) is 0 Å². The molecule has 0 aliphatic heterocycles. The van der Waals surface area contributed by atoms with E-state index in [0.717, 1.165) is 16.9 Å². The second kappa shape index (κ2) is 10.1. The molecule has 0 spiro atoms. The molecule has 0 aliphatic rings. The number of ether oxygens (including phenoxy) is 2. The molecule has 5 heteroatoms. The van der Waals surface area contributed by atoms with Crippen molar-refractivity contribution in [3.05, 3.63) is 65.7 Å². The Labute approximate surface area is 166 Å². The zero-order valence-corrected chi connectivity index (χ0v) is 17.7. The average Bonchev–Trinajstić information content (AvgIpc) is 2.64. The lowest BCUT2D eigenvalue weighted by Gasteiger charge is -2.31. The predicted molar refractivity (Wildman–Crippen MR) is 112 cm³/mol. The predicted octanol–water partition coefficient (Wildman–Crippen LogP) is 4.78. The molecule has 2 aromatic carbocycles. The highest BCUT2D eigenvalue weighted by molar-refractivity contribution is 7.90. The Morgan fingerprint density at radius 2 is 1.78 bits per heavy atom. The van der Waals surface area contributed by atoms with Gasteiger partial charge in [-0.3, -0.25) is 0 Å². The van der Waals surface area contributed by atoms with Crippen LogP contribution in [0, 0.1) is 0 Å². The van der Waals surface area contributed by atoms with Gasteiger partial charge in [0.25, 0.3) is 0 Å². The van der Waals surface area contributed by atoms with Crippen LogP contribution in [0.5, 0.6) is 5.75 Å². The van der Waals surface area contributed by atoms with Crippen LogP contribution >= 0.6 is 0 Å². The monoisotopic (exact) mass is 389 g/mol. The molecule has 0 aliphatic carbocycles. The fourth-order valence-corrected chi connectivity index (χ4v) is 3.50. The highest BCUT2D eigenvalue weighted by Gasteiger charge is 2.32. The van der Waals surface area contributed by atoms with E-state index >= 15 is 0 Å². The van der Waals surface area contributed by atoms with Gasteiger partial charge < -0.3 is 14.0 Å². The van der Waals surface area contributed by atoms with E-state index in [4.69, 9.17) is 9.47 Å². The van der Waals surface area contributed by atoms with Crippen molar-refractivity contribution >= 4 is 11.4 Å². The van der Waals surface area contributed by atoms with Crippen LogP contribution in [0.1, 0.15) is 51.8 Å². The normalized spacial score (nSPS) is 15.2. The average molecular weight is 390 g/mol. The van der Waals surface area contributed by atoms with Crippen molar-refractivity contribution in [1.29, 1.82) is 0 Å². The Hall–Kier alpha value is -1.53. The summed E-state index contributed by atoms with van der Waals surface area (Å²) in [6, 6.07) is 17.7. The molecule has 0 bridgehead atoms. The van der Waals surface area contributed by atoms with Crippen molar-refractivity contribution < 1.29 is 14.0 Å². The first-order chi connectivity index (χ1) is 12.8. The summed E-state index contributed by atoms with van der Waals surface area (Å²) in [5.41, 5.74) is 2.11. The number of nitrogens with one attached hydrogen (secondary N) is 1. The molecule has 0 amide bonds. The first kappa shape index (κ1) is 21.8. The smallest absolute Gasteiger partial charge is 0.136 e. The second-order valence-corrected chi connectivity index (χ2v) is 9.48. The molecule has 1 N–H and O–H groups in total. The zero-order chi connectivity index (χ0) is 19.9. The minimum absolute atomic E-state index is 0.173. The van der Waals surface area contributed by atoms with Gasteiger partial charge in [-0.25, -0.2) is 0 Å². The molecule has 27 heavy (non-hydrogen) atoms. The third kappa shape index (κ3) is 6.85. The third-order valence-electron chi connectivity index (χ3n) is 4.14. The van der Waals surface area contributed by atoms with Gasteiger partial charge in [0.2, 0.25) is 0 Å². The lowest BCUT2D eigenvalue weighted by atomic mass is 10.0. The van der Waals surface area contributed by atoms with Gasteiger partial charge in [0.05, 0.1) is 19.3 Å². The lowest BCUT2D eigenvalue weighted by Crippen LogP contribution is -2.44. The fraction of sp³-hybridized carbons (Fsp3) is 0.455. The van der Waals surface area contributed by atoms with Crippen molar-refractivity contribution in [3.63, 3.8) is 0 Å². The van der Waals surface area contributed by atoms with Crippen LogP contribution in [0.15, 0.2) is 54.6 Å². The van der Waals surface area contributed by atoms with Crippen molar-refractivity contribution in [3.8, 4) is 5.75 Å². The first-order valence-electron chi connectivity index (χ1n) is 9.37. The standard InChI is InChI=1S/C22H31NO3S/c1-6-25-20-14-10-13-19(15-20)21(23-27(24)22(3,4)5)17(2)26-16-18-11-8-7-9-12-18/h7-15,17,21,23H,6,16H2,1-5H3/t17-,21+,27?/m0/s1. The molecule has 0 saturated carbocycles. The van der Waals surface area contributed by atoms with E-state index < -0.39 is 11.4 Å². The molecule has 0 fully saturated rings. The molecule has 0 heterocycles. The highest BCUT2D eigenvalue weighted by Crippen LogP contribution is 2.27. The highest BCUT2D eigenvalue weighted by atomic mass is 32.2. The van der Waals surface area contributed by atoms with Gasteiger partial charge in [-0.05, 0) is 57.9 Å². The minimum atomic E-state index is -1.22. The van der Waals surface area contributed by atoms with Crippen LogP contribution in [0.2, 0.25) is 0 Å². The summed E-state index contributed by atoms with van der Waals surface area (Å²) >= 11 is -1.22. The molecule has 2 aromatic rings. The van der Waals surface area contributed by atoms with Crippen molar-refractivity contribution in [2.75, 3.05) is 6.61 Å². The number of hydrogen-bond donors (Lipinski definition) is 1. The molecule has 0 saturated heterocycles. The molecule has 1 unspecified atom stereocenters. The van der Waals surface area contributed by atoms with E-state index in [2.05, 4.69) is 4.72 Å². The molecule has 0 radical (unpaired) electrons. The zero-order valence-electron chi connectivity index (χ0n) is 16.9. The number of hydrogen-bond acceptors (Lipinski definition) is 4. The van der Waals surface area contributed by atoms with E-state index in [9.17, 15) is 4.55 Å². The third-order valence-corrected chi connectivity index (χ3v) is 5.72. The molecule has 2 rings (SSSR count). The quantitative estimate of drug-likeness (QED) is 0.627. The van der Waals surface area contributed by atoms with Gasteiger partial charge >= 0.3 is 0 Å². The van der Waals surface area contributed by atoms with Gasteiger partial charge in [0, 0.05) is 11.4 Å². The van der Waals surface area contributed by atoms with E-state index in [0.29, 0.717) is 13.2 Å². The van der Waals surface area contributed by atoms with Crippen molar-refractivity contribution in [1.82, 2.24) is 4.72 Å². The van der Waals surface area contributed by atoms with Crippen LogP contribution < -0.4 is 9.46 Å². The van der Waals surface area contributed by atoms with E-state index in [1.807, 2.05) is 89.2 Å². The summed E-state index contributed by atoms with van der Waals surface area (Å²) < 4.78 is 27.4. The van der Waals surface area contributed by atoms with Crippen LogP contribution in [0.4, 0.5) is 0 Å². The molecule has 148 valence electrons. The van der Waals surface area contributed by atoms with Gasteiger partial charge in [0.1, 0.15) is 16.5 Å². The van der Waals surface area contributed by atoms with Crippen molar-refractivity contribution in [2.45, 2.75) is 58.1 Å². The van der Waals surface area contributed by atoms with Crippen LogP contribution in [0.25, 0.3) is 0 Å². The molecular formula is C22H31NO3S. The van der Waals surface area contributed by atoms with Gasteiger partial charge in [-0.1, -0.05) is 42.5 Å². The second-order valence-electron chi connectivity index (χ2n) is 7.48. The van der Waals surface area contributed by atoms with E-state index in [1.54, 1.807) is 0 Å². The topological polar surface area (TPSA) is 53.5 Å². The SMILES string of the molecule is CCOc1cccc([C@H](N[S+]([O-])C(C)(C)C)[C@H](C)OCc2ccccc2)c1. The minimum Gasteiger partial charge on any atom is -0.598 e. The van der Waals surface area contributed by atoms with Gasteiger partial charge in [-0.15, -0.1) is 4.72 Å². The molecular weight excluding hydrogens is 358 g/mol. The van der Waals surface area contributed by atoms with Crippen LogP contribution in [0.3, 0.4) is 0 Å². The van der Waals surface area contributed by atoms with Gasteiger partial charge in [-0.2, -0.15) is 0 Å². The molecule has 4 nitrogen and oxygen atoms in total. The van der Waals surface area contributed by atoms with Crippen molar-refractivity contribution in [2.24, 2.45) is 0 Å². The molecule has 0 aromatic heterocycles. The maximum absolute atomic E-state index is 12.8. The summed E-state index contributed by atoms with van der Waals surface area (Å²) in [5, 5.41) is 0. The maximum Gasteiger partial charge on any atom is 0.136 e. The fourth-order valence-electron chi connectivity index (χ4n) is 2.59. The first-order valence-corrected chi connectivity index (χ1v) is 10.5. The molecule has 3 atom stereocenters. The largest absolute Gasteiger partial charge is 0.598 e. The maximum atomic E-state index is 12.8. The Kier molecular flexibility index (Phi) is 8.17. The Balaban J connectivity index is 2.19. The number of rotatable bonds is 9. The number of benzene rings is 2. The summed E-state index contributed by atoms with van der Waals surface area (Å²) in [6.45, 7) is 11.0. The Morgan fingerprint density at radius 1 is 1.07 bits per heavy atom. The van der Waals surface area contributed by atoms with E-state index in [-0.39, 0.29) is 16.9 Å². The summed E-state index contributed by atoms with van der Waals surface area (Å²) in [4.78, 5) is 0. The van der Waals surface area contributed by atoms with Crippen LogP contribution in [-0.2, 0) is 22.7 Å². The van der Waals surface area contributed by atoms with E-state index in [1.165, 1.54) is 0 Å².